The van der Waals surface area contributed by atoms with Gasteiger partial charge in [-0.05, 0) is 30.7 Å². The molecular weight excluding hydrogens is 254 g/mol. The van der Waals surface area contributed by atoms with Gasteiger partial charge < -0.3 is 15.5 Å². The molecule has 6 heteroatoms. The second-order valence-corrected chi connectivity index (χ2v) is 4.71. The Bertz CT molecular complexity index is 560. The highest BCUT2D eigenvalue weighted by Crippen LogP contribution is 2.22. The zero-order chi connectivity index (χ0) is 13.2. The summed E-state index contributed by atoms with van der Waals surface area (Å²) < 4.78 is 0. The van der Waals surface area contributed by atoms with Crippen LogP contribution in [-0.2, 0) is 0 Å². The van der Waals surface area contributed by atoms with Gasteiger partial charge in [0.2, 0.25) is 5.28 Å². The van der Waals surface area contributed by atoms with Crippen molar-refractivity contribution >= 4 is 28.3 Å². The van der Waals surface area contributed by atoms with Crippen molar-refractivity contribution in [3.8, 4) is 0 Å². The van der Waals surface area contributed by atoms with Crippen LogP contribution in [0.2, 0.25) is 5.28 Å². The van der Waals surface area contributed by atoms with E-state index in [9.17, 15) is 5.11 Å². The molecule has 0 bridgehead atoms. The van der Waals surface area contributed by atoms with Gasteiger partial charge in [0.25, 0.3) is 0 Å². The van der Waals surface area contributed by atoms with Crippen molar-refractivity contribution in [2.24, 2.45) is 0 Å². The lowest BCUT2D eigenvalue weighted by molar-refractivity contribution is 0.0132. The molecule has 96 valence electrons. The number of fused-ring (bicyclic) bond motifs is 1. The van der Waals surface area contributed by atoms with E-state index in [4.69, 9.17) is 16.7 Å². The zero-order valence-corrected chi connectivity index (χ0v) is 10.6. The van der Waals surface area contributed by atoms with Gasteiger partial charge in [0.15, 0.2) is 0 Å². The predicted molar refractivity (Wildman–Crippen MR) is 70.7 cm³/mol. The molecule has 2 rings (SSSR count). The molecular formula is C12H14ClN3O2. The Labute approximate surface area is 109 Å². The summed E-state index contributed by atoms with van der Waals surface area (Å²) in [6.07, 6.45) is 0. The first-order chi connectivity index (χ1) is 8.52. The molecule has 0 saturated carbocycles. The lowest BCUT2D eigenvalue weighted by Gasteiger charge is -2.21. The highest BCUT2D eigenvalue weighted by atomic mass is 35.5. The van der Waals surface area contributed by atoms with Crippen molar-refractivity contribution in [1.82, 2.24) is 9.97 Å². The number of nitrogens with one attached hydrogen (secondary N) is 1. The Kier molecular flexibility index (Phi) is 3.65. The number of anilines is 1. The first kappa shape index (κ1) is 13.0. The number of hydrogen-bond donors (Lipinski definition) is 3. The minimum absolute atomic E-state index is 0.139. The van der Waals surface area contributed by atoms with E-state index in [1.165, 1.54) is 6.92 Å². The lowest BCUT2D eigenvalue weighted by Crippen LogP contribution is -2.37. The van der Waals surface area contributed by atoms with Gasteiger partial charge in [-0.15, -0.1) is 0 Å². The van der Waals surface area contributed by atoms with Crippen LogP contribution in [0.1, 0.15) is 6.92 Å². The van der Waals surface area contributed by atoms with E-state index < -0.39 is 5.60 Å². The van der Waals surface area contributed by atoms with Crippen LogP contribution in [-0.4, -0.2) is 38.9 Å². The van der Waals surface area contributed by atoms with Crippen LogP contribution in [0.5, 0.6) is 0 Å². The van der Waals surface area contributed by atoms with E-state index >= 15 is 0 Å². The van der Waals surface area contributed by atoms with Gasteiger partial charge in [-0.3, -0.25) is 0 Å². The van der Waals surface area contributed by atoms with E-state index in [2.05, 4.69) is 15.3 Å². The van der Waals surface area contributed by atoms with Crippen LogP contribution in [0.25, 0.3) is 10.9 Å². The van der Waals surface area contributed by atoms with Crippen molar-refractivity contribution in [3.63, 3.8) is 0 Å². The normalized spacial score (nSPS) is 14.4. The number of aliphatic hydroxyl groups excluding tert-OH is 1. The highest BCUT2D eigenvalue weighted by molar-refractivity contribution is 6.28. The summed E-state index contributed by atoms with van der Waals surface area (Å²) in [7, 11) is 0. The van der Waals surface area contributed by atoms with Gasteiger partial charge in [0.1, 0.15) is 11.4 Å². The smallest absolute Gasteiger partial charge is 0.224 e. The Morgan fingerprint density at radius 3 is 2.78 bits per heavy atom. The maximum absolute atomic E-state index is 9.74. The monoisotopic (exact) mass is 267 g/mol. The Hall–Kier alpha value is -1.43. The summed E-state index contributed by atoms with van der Waals surface area (Å²) in [5.41, 5.74) is -0.484. The molecule has 1 aromatic heterocycles. The number of para-hydroxylation sites is 1. The van der Waals surface area contributed by atoms with E-state index in [1.54, 1.807) is 0 Å². The third-order valence-electron chi connectivity index (χ3n) is 2.55. The Morgan fingerprint density at radius 2 is 2.06 bits per heavy atom. The van der Waals surface area contributed by atoms with Crippen LogP contribution >= 0.6 is 11.6 Å². The molecule has 2 aromatic rings. The quantitative estimate of drug-likeness (QED) is 0.731. The number of rotatable bonds is 4. The molecule has 3 N–H and O–H groups in total. The standard InChI is InChI=1S/C12H14ClN3O2/c1-12(18,7-17)6-14-10-8-4-2-3-5-9(8)15-11(13)16-10/h2-5,17-18H,6-7H2,1H3,(H,14,15,16). The van der Waals surface area contributed by atoms with E-state index in [-0.39, 0.29) is 18.4 Å². The molecule has 0 radical (unpaired) electrons. The average molecular weight is 268 g/mol. The number of aromatic nitrogens is 2. The van der Waals surface area contributed by atoms with Gasteiger partial charge in [-0.1, -0.05) is 12.1 Å². The van der Waals surface area contributed by atoms with Crippen molar-refractivity contribution in [3.05, 3.63) is 29.5 Å². The molecule has 0 saturated heterocycles. The molecule has 0 aliphatic carbocycles. The maximum atomic E-state index is 9.74. The van der Waals surface area contributed by atoms with Crippen LogP contribution < -0.4 is 5.32 Å². The number of benzene rings is 1. The summed E-state index contributed by atoms with van der Waals surface area (Å²) in [4.78, 5) is 8.19. The molecule has 1 atom stereocenters. The Morgan fingerprint density at radius 1 is 1.33 bits per heavy atom. The summed E-state index contributed by atoms with van der Waals surface area (Å²) in [6, 6.07) is 7.42. The van der Waals surface area contributed by atoms with Crippen molar-refractivity contribution in [2.75, 3.05) is 18.5 Å². The minimum Gasteiger partial charge on any atom is -0.393 e. The van der Waals surface area contributed by atoms with Crippen LogP contribution in [0.15, 0.2) is 24.3 Å². The fraction of sp³-hybridized carbons (Fsp3) is 0.333. The van der Waals surface area contributed by atoms with Gasteiger partial charge in [0, 0.05) is 11.9 Å². The number of nitrogens with zero attached hydrogens (tertiary/aromatic N) is 2. The zero-order valence-electron chi connectivity index (χ0n) is 9.89. The third-order valence-corrected chi connectivity index (χ3v) is 2.72. The number of halogens is 1. The second-order valence-electron chi connectivity index (χ2n) is 4.37. The second kappa shape index (κ2) is 5.06. The van der Waals surface area contributed by atoms with Gasteiger partial charge in [-0.2, -0.15) is 0 Å². The SMILES string of the molecule is CC(O)(CO)CNc1nc(Cl)nc2ccccc12. The number of aliphatic hydroxyl groups is 2. The molecule has 0 aliphatic heterocycles. The molecule has 0 amide bonds. The van der Waals surface area contributed by atoms with Gasteiger partial charge in [0.05, 0.1) is 12.1 Å². The molecule has 1 heterocycles. The Balaban J connectivity index is 2.33. The molecule has 1 aromatic carbocycles. The predicted octanol–water partition coefficient (Wildman–Crippen LogP) is 1.44. The molecule has 5 nitrogen and oxygen atoms in total. The van der Waals surface area contributed by atoms with Crippen molar-refractivity contribution in [1.29, 1.82) is 0 Å². The first-order valence-corrected chi connectivity index (χ1v) is 5.89. The van der Waals surface area contributed by atoms with E-state index in [0.717, 1.165) is 10.9 Å². The molecule has 0 spiro atoms. The van der Waals surface area contributed by atoms with Crippen LogP contribution in [0, 0.1) is 0 Å². The van der Waals surface area contributed by atoms with Gasteiger partial charge >= 0.3 is 0 Å². The fourth-order valence-electron chi connectivity index (χ4n) is 1.51. The largest absolute Gasteiger partial charge is 0.393 e. The number of hydrogen-bond acceptors (Lipinski definition) is 5. The van der Waals surface area contributed by atoms with Gasteiger partial charge in [-0.25, -0.2) is 9.97 Å². The summed E-state index contributed by atoms with van der Waals surface area (Å²) >= 11 is 5.83. The van der Waals surface area contributed by atoms with E-state index in [0.29, 0.717) is 5.82 Å². The van der Waals surface area contributed by atoms with E-state index in [1.807, 2.05) is 24.3 Å². The molecule has 1 unspecified atom stereocenters. The van der Waals surface area contributed by atoms with Crippen molar-refractivity contribution in [2.45, 2.75) is 12.5 Å². The van der Waals surface area contributed by atoms with Crippen molar-refractivity contribution < 1.29 is 10.2 Å². The first-order valence-electron chi connectivity index (χ1n) is 5.51. The highest BCUT2D eigenvalue weighted by Gasteiger charge is 2.19. The third kappa shape index (κ3) is 2.87. The topological polar surface area (TPSA) is 78.3 Å². The molecule has 18 heavy (non-hydrogen) atoms. The van der Waals surface area contributed by atoms with Crippen LogP contribution in [0.3, 0.4) is 0 Å². The molecule has 0 fully saturated rings. The summed E-state index contributed by atoms with van der Waals surface area (Å²) in [5, 5.41) is 22.7. The van der Waals surface area contributed by atoms with Crippen LogP contribution in [0.4, 0.5) is 5.82 Å². The average Bonchev–Trinajstić information content (AvgIpc) is 2.36. The maximum Gasteiger partial charge on any atom is 0.224 e. The fourth-order valence-corrected chi connectivity index (χ4v) is 1.69. The summed E-state index contributed by atoms with van der Waals surface area (Å²) in [6.45, 7) is 1.36. The molecule has 0 aliphatic rings. The minimum atomic E-state index is -1.21. The summed E-state index contributed by atoms with van der Waals surface area (Å²) in [5.74, 6) is 0.541. The lowest BCUT2D eigenvalue weighted by atomic mass is 10.1.